The number of hydrogen-bond donors (Lipinski definition) is 2. The van der Waals surface area contributed by atoms with E-state index in [0.717, 1.165) is 6.42 Å². The third kappa shape index (κ3) is 1.93. The SMILES string of the molecule is Cn1ccc(NC(=O)[C@H]2[C@H](C(=O)O)[C@H]3C=C[C@H]2C3)n1. The molecule has 0 saturated heterocycles. The summed E-state index contributed by atoms with van der Waals surface area (Å²) in [6.45, 7) is 0. The van der Waals surface area contributed by atoms with Gasteiger partial charge in [0.25, 0.3) is 0 Å². The van der Waals surface area contributed by atoms with Crippen LogP contribution >= 0.6 is 0 Å². The van der Waals surface area contributed by atoms with Crippen molar-refractivity contribution in [3.05, 3.63) is 24.4 Å². The second-order valence-corrected chi connectivity index (χ2v) is 5.20. The Hall–Kier alpha value is -2.11. The van der Waals surface area contributed by atoms with Crippen LogP contribution in [0.25, 0.3) is 0 Å². The molecule has 6 heteroatoms. The molecule has 0 aliphatic heterocycles. The highest BCUT2D eigenvalue weighted by atomic mass is 16.4. The number of carboxylic acids is 1. The predicted molar refractivity (Wildman–Crippen MR) is 67.2 cm³/mol. The van der Waals surface area contributed by atoms with E-state index in [9.17, 15) is 14.7 Å². The van der Waals surface area contributed by atoms with E-state index >= 15 is 0 Å². The van der Waals surface area contributed by atoms with Gasteiger partial charge in [0, 0.05) is 19.3 Å². The first-order valence-electron chi connectivity index (χ1n) is 6.28. The summed E-state index contributed by atoms with van der Waals surface area (Å²) < 4.78 is 1.59. The molecule has 0 aromatic carbocycles. The molecule has 1 fully saturated rings. The molecule has 1 aromatic rings. The molecule has 0 radical (unpaired) electrons. The van der Waals surface area contributed by atoms with Gasteiger partial charge in [-0.1, -0.05) is 12.2 Å². The van der Waals surface area contributed by atoms with Crippen LogP contribution < -0.4 is 5.32 Å². The van der Waals surface area contributed by atoms with Crippen molar-refractivity contribution in [1.82, 2.24) is 9.78 Å². The van der Waals surface area contributed by atoms with E-state index in [-0.39, 0.29) is 17.7 Å². The lowest BCUT2D eigenvalue weighted by molar-refractivity contribution is -0.146. The summed E-state index contributed by atoms with van der Waals surface area (Å²) in [4.78, 5) is 23.6. The highest BCUT2D eigenvalue weighted by Crippen LogP contribution is 2.48. The zero-order valence-electron chi connectivity index (χ0n) is 10.5. The maximum Gasteiger partial charge on any atom is 0.307 e. The van der Waals surface area contributed by atoms with Gasteiger partial charge in [0.15, 0.2) is 5.82 Å². The summed E-state index contributed by atoms with van der Waals surface area (Å²) in [7, 11) is 1.76. The van der Waals surface area contributed by atoms with Crippen LogP contribution in [0.3, 0.4) is 0 Å². The topological polar surface area (TPSA) is 84.2 Å². The molecule has 0 spiro atoms. The number of carboxylic acid groups (broad SMARTS) is 1. The molecule has 2 N–H and O–H groups in total. The fourth-order valence-corrected chi connectivity index (χ4v) is 3.21. The number of carbonyl (C=O) groups is 2. The molecule has 19 heavy (non-hydrogen) atoms. The smallest absolute Gasteiger partial charge is 0.307 e. The van der Waals surface area contributed by atoms with E-state index in [1.165, 1.54) is 0 Å². The Bertz CT molecular complexity index is 563. The number of fused-ring (bicyclic) bond motifs is 2. The third-order valence-corrected chi connectivity index (χ3v) is 4.01. The zero-order valence-corrected chi connectivity index (χ0v) is 10.5. The highest BCUT2D eigenvalue weighted by Gasteiger charge is 2.51. The fraction of sp³-hybridized carbons (Fsp3) is 0.462. The van der Waals surface area contributed by atoms with E-state index in [1.807, 2.05) is 12.2 Å². The number of aromatic nitrogens is 2. The van der Waals surface area contributed by atoms with Crippen molar-refractivity contribution in [3.63, 3.8) is 0 Å². The van der Waals surface area contributed by atoms with E-state index in [0.29, 0.717) is 5.82 Å². The van der Waals surface area contributed by atoms with Crippen LogP contribution in [-0.2, 0) is 16.6 Å². The predicted octanol–water partition coefficient (Wildman–Crippen LogP) is 0.881. The summed E-state index contributed by atoms with van der Waals surface area (Å²) in [6, 6.07) is 1.69. The van der Waals surface area contributed by atoms with Gasteiger partial charge in [-0.3, -0.25) is 14.3 Å². The number of nitrogens with one attached hydrogen (secondary N) is 1. The normalized spacial score (nSPS) is 31.6. The number of hydrogen-bond acceptors (Lipinski definition) is 3. The molecule has 2 aliphatic carbocycles. The summed E-state index contributed by atoms with van der Waals surface area (Å²) in [5, 5.41) is 16.1. The van der Waals surface area contributed by atoms with Crippen LogP contribution in [0.15, 0.2) is 24.4 Å². The maximum atomic E-state index is 12.3. The molecule has 1 amide bonds. The number of aryl methyl sites for hydroxylation is 1. The van der Waals surface area contributed by atoms with Crippen molar-refractivity contribution in [3.8, 4) is 0 Å². The molecular formula is C13H15N3O3. The van der Waals surface area contributed by atoms with E-state index in [2.05, 4.69) is 10.4 Å². The van der Waals surface area contributed by atoms with Gasteiger partial charge in [-0.05, 0) is 18.3 Å². The quantitative estimate of drug-likeness (QED) is 0.791. The molecule has 3 rings (SSSR count). The van der Waals surface area contributed by atoms with Gasteiger partial charge in [-0.2, -0.15) is 5.10 Å². The Morgan fingerprint density at radius 2 is 2.05 bits per heavy atom. The number of allylic oxidation sites excluding steroid dienone is 2. The number of aliphatic carboxylic acids is 1. The minimum absolute atomic E-state index is 0.0121. The van der Waals surface area contributed by atoms with Gasteiger partial charge in [-0.25, -0.2) is 0 Å². The number of anilines is 1. The Morgan fingerprint density at radius 3 is 2.63 bits per heavy atom. The molecule has 0 unspecified atom stereocenters. The molecule has 100 valence electrons. The second kappa shape index (κ2) is 4.22. The molecule has 1 aromatic heterocycles. The lowest BCUT2D eigenvalue weighted by Crippen LogP contribution is -2.36. The fourth-order valence-electron chi connectivity index (χ4n) is 3.21. The van der Waals surface area contributed by atoms with Crippen LogP contribution in [0, 0.1) is 23.7 Å². The van der Waals surface area contributed by atoms with E-state index in [1.54, 1.807) is 24.0 Å². The van der Waals surface area contributed by atoms with Gasteiger partial charge in [0.2, 0.25) is 5.91 Å². The van der Waals surface area contributed by atoms with Crippen LogP contribution in [0.2, 0.25) is 0 Å². The lowest BCUT2D eigenvalue weighted by Gasteiger charge is -2.23. The monoisotopic (exact) mass is 261 g/mol. The zero-order chi connectivity index (χ0) is 13.6. The van der Waals surface area contributed by atoms with E-state index < -0.39 is 17.8 Å². The minimum atomic E-state index is -0.891. The van der Waals surface area contributed by atoms with Gasteiger partial charge in [0.1, 0.15) is 0 Å². The Labute approximate surface area is 110 Å². The lowest BCUT2D eigenvalue weighted by atomic mass is 9.82. The van der Waals surface area contributed by atoms with Crippen molar-refractivity contribution in [2.75, 3.05) is 5.32 Å². The first kappa shape index (κ1) is 12.0. The van der Waals surface area contributed by atoms with Gasteiger partial charge < -0.3 is 10.4 Å². The number of rotatable bonds is 3. The molecule has 4 atom stereocenters. The van der Waals surface area contributed by atoms with E-state index in [4.69, 9.17) is 0 Å². The number of amides is 1. The van der Waals surface area contributed by atoms with Crippen molar-refractivity contribution in [2.24, 2.45) is 30.7 Å². The average molecular weight is 261 g/mol. The van der Waals surface area contributed by atoms with Crippen molar-refractivity contribution < 1.29 is 14.7 Å². The van der Waals surface area contributed by atoms with Crippen LogP contribution in [0.5, 0.6) is 0 Å². The maximum absolute atomic E-state index is 12.3. The van der Waals surface area contributed by atoms with Crippen molar-refractivity contribution in [2.45, 2.75) is 6.42 Å². The standard InChI is InChI=1S/C13H15N3O3/c1-16-5-4-9(15-16)14-12(17)10-7-2-3-8(6-7)11(10)13(18)19/h2-5,7-8,10-11H,6H2,1H3,(H,18,19)(H,14,15,17)/t7-,8-,10+,11+/m0/s1. The summed E-state index contributed by atoms with van der Waals surface area (Å²) in [6.07, 6.45) is 6.38. The molecule has 6 nitrogen and oxygen atoms in total. The van der Waals surface area contributed by atoms with Gasteiger partial charge in [-0.15, -0.1) is 0 Å². The molecule has 2 aliphatic rings. The largest absolute Gasteiger partial charge is 0.481 e. The Balaban J connectivity index is 1.79. The third-order valence-electron chi connectivity index (χ3n) is 4.01. The van der Waals surface area contributed by atoms with Crippen molar-refractivity contribution in [1.29, 1.82) is 0 Å². The number of carbonyl (C=O) groups excluding carboxylic acids is 1. The summed E-state index contributed by atoms with van der Waals surface area (Å²) in [5.74, 6) is -1.76. The highest BCUT2D eigenvalue weighted by molar-refractivity contribution is 5.95. The summed E-state index contributed by atoms with van der Waals surface area (Å²) >= 11 is 0. The van der Waals surface area contributed by atoms with Crippen molar-refractivity contribution >= 4 is 17.7 Å². The summed E-state index contributed by atoms with van der Waals surface area (Å²) in [5.41, 5.74) is 0. The van der Waals surface area contributed by atoms with Crippen LogP contribution in [0.4, 0.5) is 5.82 Å². The van der Waals surface area contributed by atoms with Gasteiger partial charge >= 0.3 is 5.97 Å². The Kier molecular flexibility index (Phi) is 2.66. The van der Waals surface area contributed by atoms with Gasteiger partial charge in [0.05, 0.1) is 11.8 Å². The van der Waals surface area contributed by atoms with Crippen LogP contribution in [0.1, 0.15) is 6.42 Å². The molecule has 2 bridgehead atoms. The molecule has 1 heterocycles. The minimum Gasteiger partial charge on any atom is -0.481 e. The molecular weight excluding hydrogens is 246 g/mol. The van der Waals surface area contributed by atoms with Crippen LogP contribution in [-0.4, -0.2) is 26.8 Å². The second-order valence-electron chi connectivity index (χ2n) is 5.20. The molecule has 1 saturated carbocycles. The average Bonchev–Trinajstić information content (AvgIpc) is 3.03. The first-order valence-corrected chi connectivity index (χ1v) is 6.28. The Morgan fingerprint density at radius 1 is 1.37 bits per heavy atom. The first-order chi connectivity index (χ1) is 9.06. The number of nitrogens with zero attached hydrogens (tertiary/aromatic N) is 2.